The van der Waals surface area contributed by atoms with Crippen LogP contribution in [0, 0.1) is 0 Å². The standard InChI is InChI=1S/C14H21NO2S/c1-4-12(5-2)15(3)10-13-11(8-9-18-13)6-7-14(16)17/h6-9,12H,4-5,10H2,1-3H3,(H,16,17). The number of rotatable bonds is 7. The van der Waals surface area contributed by atoms with E-state index in [0.717, 1.165) is 24.9 Å². The maximum Gasteiger partial charge on any atom is 0.328 e. The van der Waals surface area contributed by atoms with Gasteiger partial charge < -0.3 is 5.11 Å². The second-order valence-electron chi connectivity index (χ2n) is 4.36. The zero-order valence-corrected chi connectivity index (χ0v) is 12.0. The van der Waals surface area contributed by atoms with Crippen molar-refractivity contribution in [2.75, 3.05) is 7.05 Å². The van der Waals surface area contributed by atoms with Crippen LogP contribution in [0.4, 0.5) is 0 Å². The van der Waals surface area contributed by atoms with Crippen molar-refractivity contribution in [3.8, 4) is 0 Å². The van der Waals surface area contributed by atoms with E-state index in [4.69, 9.17) is 5.11 Å². The molecule has 1 aromatic heterocycles. The van der Waals surface area contributed by atoms with Crippen LogP contribution in [0.3, 0.4) is 0 Å². The first-order chi connectivity index (χ1) is 8.58. The number of carbonyl (C=O) groups is 1. The minimum atomic E-state index is -0.902. The molecule has 0 aliphatic heterocycles. The first kappa shape index (κ1) is 14.9. The Morgan fingerprint density at radius 1 is 1.50 bits per heavy atom. The van der Waals surface area contributed by atoms with Crippen molar-refractivity contribution in [3.05, 3.63) is 28.0 Å². The van der Waals surface area contributed by atoms with E-state index in [1.54, 1.807) is 17.4 Å². The molecule has 4 heteroatoms. The van der Waals surface area contributed by atoms with Crippen molar-refractivity contribution in [1.29, 1.82) is 0 Å². The van der Waals surface area contributed by atoms with Gasteiger partial charge in [0, 0.05) is 23.5 Å². The molecule has 18 heavy (non-hydrogen) atoms. The van der Waals surface area contributed by atoms with Gasteiger partial charge in [0.1, 0.15) is 0 Å². The first-order valence-electron chi connectivity index (χ1n) is 6.26. The lowest BCUT2D eigenvalue weighted by Crippen LogP contribution is -2.29. The molecule has 0 saturated carbocycles. The highest BCUT2D eigenvalue weighted by atomic mass is 32.1. The van der Waals surface area contributed by atoms with Crippen LogP contribution < -0.4 is 0 Å². The van der Waals surface area contributed by atoms with Gasteiger partial charge in [-0.2, -0.15) is 0 Å². The fourth-order valence-electron chi connectivity index (χ4n) is 2.06. The highest BCUT2D eigenvalue weighted by Gasteiger charge is 2.12. The van der Waals surface area contributed by atoms with Gasteiger partial charge in [0.2, 0.25) is 0 Å². The van der Waals surface area contributed by atoms with Crippen LogP contribution in [-0.2, 0) is 11.3 Å². The van der Waals surface area contributed by atoms with E-state index in [1.165, 1.54) is 11.0 Å². The molecule has 100 valence electrons. The smallest absolute Gasteiger partial charge is 0.328 e. The topological polar surface area (TPSA) is 40.5 Å². The van der Waals surface area contributed by atoms with Crippen LogP contribution in [0.1, 0.15) is 37.1 Å². The lowest BCUT2D eigenvalue weighted by molar-refractivity contribution is -0.131. The third-order valence-electron chi connectivity index (χ3n) is 3.14. The number of nitrogens with zero attached hydrogens (tertiary/aromatic N) is 1. The molecule has 1 N–H and O–H groups in total. The summed E-state index contributed by atoms with van der Waals surface area (Å²) in [5, 5.41) is 10.7. The molecule has 0 amide bonds. The van der Waals surface area contributed by atoms with Crippen LogP contribution in [0.5, 0.6) is 0 Å². The van der Waals surface area contributed by atoms with Gasteiger partial charge in [-0.05, 0) is 43.0 Å². The molecule has 0 aliphatic carbocycles. The fourth-order valence-corrected chi connectivity index (χ4v) is 2.99. The van der Waals surface area contributed by atoms with Crippen molar-refractivity contribution in [1.82, 2.24) is 4.90 Å². The van der Waals surface area contributed by atoms with Crippen molar-refractivity contribution >= 4 is 23.4 Å². The van der Waals surface area contributed by atoms with Crippen molar-refractivity contribution in [3.63, 3.8) is 0 Å². The summed E-state index contributed by atoms with van der Waals surface area (Å²) in [6, 6.07) is 2.56. The van der Waals surface area contributed by atoms with Crippen LogP contribution in [0.15, 0.2) is 17.5 Å². The third-order valence-corrected chi connectivity index (χ3v) is 4.07. The van der Waals surface area contributed by atoms with Crippen LogP contribution >= 0.6 is 11.3 Å². The monoisotopic (exact) mass is 267 g/mol. The third kappa shape index (κ3) is 4.27. The van der Waals surface area contributed by atoms with Crippen molar-refractivity contribution in [2.45, 2.75) is 39.3 Å². The van der Waals surface area contributed by atoms with Gasteiger partial charge in [-0.1, -0.05) is 13.8 Å². The molecule has 0 saturated heterocycles. The summed E-state index contributed by atoms with van der Waals surface area (Å²) in [4.78, 5) is 14.1. The quantitative estimate of drug-likeness (QED) is 0.769. The lowest BCUT2D eigenvalue weighted by Gasteiger charge is -2.25. The molecule has 0 bridgehead atoms. The summed E-state index contributed by atoms with van der Waals surface area (Å²) in [5.74, 6) is -0.902. The highest BCUT2D eigenvalue weighted by Crippen LogP contribution is 2.21. The molecule has 1 aromatic rings. The summed E-state index contributed by atoms with van der Waals surface area (Å²) in [5.41, 5.74) is 1.01. The predicted molar refractivity (Wildman–Crippen MR) is 76.8 cm³/mol. The molecule has 0 fully saturated rings. The van der Waals surface area contributed by atoms with Gasteiger partial charge in [-0.3, -0.25) is 4.90 Å². The van der Waals surface area contributed by atoms with E-state index in [2.05, 4.69) is 25.8 Å². The Morgan fingerprint density at radius 2 is 2.17 bits per heavy atom. The number of carboxylic acid groups (broad SMARTS) is 1. The van der Waals surface area contributed by atoms with E-state index in [1.807, 2.05) is 11.4 Å². The number of aliphatic carboxylic acids is 1. The molecule has 0 radical (unpaired) electrons. The summed E-state index contributed by atoms with van der Waals surface area (Å²) in [6.45, 7) is 5.28. The summed E-state index contributed by atoms with van der Waals surface area (Å²) < 4.78 is 0. The lowest BCUT2D eigenvalue weighted by atomic mass is 10.1. The van der Waals surface area contributed by atoms with Crippen LogP contribution in [0.25, 0.3) is 6.08 Å². The zero-order valence-electron chi connectivity index (χ0n) is 11.2. The molecule has 0 spiro atoms. The number of hydrogen-bond donors (Lipinski definition) is 1. The number of carboxylic acids is 1. The molecule has 0 aliphatic rings. The average molecular weight is 267 g/mol. The Hall–Kier alpha value is -1.13. The highest BCUT2D eigenvalue weighted by molar-refractivity contribution is 7.10. The second-order valence-corrected chi connectivity index (χ2v) is 5.36. The molecule has 0 unspecified atom stereocenters. The van der Waals surface area contributed by atoms with E-state index < -0.39 is 5.97 Å². The molecule has 0 atom stereocenters. The van der Waals surface area contributed by atoms with E-state index in [9.17, 15) is 4.79 Å². The van der Waals surface area contributed by atoms with Crippen molar-refractivity contribution < 1.29 is 9.90 Å². The van der Waals surface area contributed by atoms with Gasteiger partial charge in [0.15, 0.2) is 0 Å². The fraction of sp³-hybridized carbons (Fsp3) is 0.500. The second kappa shape index (κ2) is 7.34. The molecular weight excluding hydrogens is 246 g/mol. The Morgan fingerprint density at radius 3 is 2.72 bits per heavy atom. The van der Waals surface area contributed by atoms with E-state index in [-0.39, 0.29) is 0 Å². The molecule has 1 rings (SSSR count). The molecule has 0 aromatic carbocycles. The Balaban J connectivity index is 2.73. The van der Waals surface area contributed by atoms with Crippen molar-refractivity contribution in [2.24, 2.45) is 0 Å². The maximum atomic E-state index is 10.5. The molecule has 1 heterocycles. The van der Waals surface area contributed by atoms with Gasteiger partial charge in [-0.25, -0.2) is 4.79 Å². The number of hydrogen-bond acceptors (Lipinski definition) is 3. The van der Waals surface area contributed by atoms with Crippen LogP contribution in [-0.4, -0.2) is 29.1 Å². The molecule has 3 nitrogen and oxygen atoms in total. The number of thiophene rings is 1. The Kier molecular flexibility index (Phi) is 6.09. The predicted octanol–water partition coefficient (Wildman–Crippen LogP) is 3.47. The maximum absolute atomic E-state index is 10.5. The Labute approximate surface area is 113 Å². The van der Waals surface area contributed by atoms with E-state index >= 15 is 0 Å². The van der Waals surface area contributed by atoms with Crippen LogP contribution in [0.2, 0.25) is 0 Å². The normalized spacial score (nSPS) is 11.8. The minimum Gasteiger partial charge on any atom is -0.478 e. The van der Waals surface area contributed by atoms with E-state index in [0.29, 0.717) is 6.04 Å². The zero-order chi connectivity index (χ0) is 13.5. The molecular formula is C14H21NO2S. The summed E-state index contributed by atoms with van der Waals surface area (Å²) in [6.07, 6.45) is 5.15. The van der Waals surface area contributed by atoms with Gasteiger partial charge in [0.05, 0.1) is 0 Å². The van der Waals surface area contributed by atoms with Gasteiger partial charge in [-0.15, -0.1) is 11.3 Å². The van der Waals surface area contributed by atoms with Gasteiger partial charge >= 0.3 is 5.97 Å². The average Bonchev–Trinajstić information content (AvgIpc) is 2.75. The van der Waals surface area contributed by atoms with Gasteiger partial charge in [0.25, 0.3) is 0 Å². The SMILES string of the molecule is CCC(CC)N(C)Cc1sccc1C=CC(=O)O. The first-order valence-corrected chi connectivity index (χ1v) is 7.14. The largest absolute Gasteiger partial charge is 0.478 e. The minimum absolute atomic E-state index is 0.586. The summed E-state index contributed by atoms with van der Waals surface area (Å²) in [7, 11) is 2.13. The summed E-state index contributed by atoms with van der Waals surface area (Å²) >= 11 is 1.68. The Bertz CT molecular complexity index is 408.